The van der Waals surface area contributed by atoms with Crippen LogP contribution in [0.25, 0.3) is 0 Å². The molecule has 0 aliphatic heterocycles. The Hall–Kier alpha value is -1.49. The van der Waals surface area contributed by atoms with Gasteiger partial charge in [0, 0.05) is 6.61 Å². The Balaban J connectivity index is 2.77. The molecule has 0 N–H and O–H groups in total. The topological polar surface area (TPSA) is 35.5 Å². The van der Waals surface area contributed by atoms with E-state index in [0.717, 1.165) is 12.1 Å². The number of aryl methyl sites for hydroxylation is 1. The van der Waals surface area contributed by atoms with Gasteiger partial charge < -0.3 is 9.47 Å². The first-order chi connectivity index (χ1) is 7.54. The lowest BCUT2D eigenvalue weighted by Gasteiger charge is -2.07. The fourth-order valence-electron chi connectivity index (χ4n) is 1.11. The van der Waals surface area contributed by atoms with E-state index in [9.17, 15) is 13.6 Å². The Morgan fingerprint density at radius 2 is 1.88 bits per heavy atom. The van der Waals surface area contributed by atoms with E-state index in [4.69, 9.17) is 4.74 Å². The van der Waals surface area contributed by atoms with E-state index >= 15 is 0 Å². The van der Waals surface area contributed by atoms with Gasteiger partial charge in [-0.3, -0.25) is 0 Å². The number of hydrogen-bond acceptors (Lipinski definition) is 3. The second-order valence-corrected chi connectivity index (χ2v) is 3.17. The summed E-state index contributed by atoms with van der Waals surface area (Å²) in [5.74, 6) is -3.32. The monoisotopic (exact) mass is 230 g/mol. The molecule has 0 heterocycles. The predicted octanol–water partition coefficient (Wildman–Crippen LogP) is 2.22. The van der Waals surface area contributed by atoms with Crippen molar-refractivity contribution in [1.29, 1.82) is 0 Å². The van der Waals surface area contributed by atoms with E-state index in [1.165, 1.54) is 6.92 Å². The zero-order valence-corrected chi connectivity index (χ0v) is 9.05. The van der Waals surface area contributed by atoms with E-state index in [-0.39, 0.29) is 6.61 Å². The van der Waals surface area contributed by atoms with Crippen LogP contribution in [0.3, 0.4) is 0 Å². The smallest absolute Gasteiger partial charge is 0.337 e. The largest absolute Gasteiger partial charge is 0.419 e. The Morgan fingerprint density at radius 3 is 2.38 bits per heavy atom. The van der Waals surface area contributed by atoms with Gasteiger partial charge in [0.25, 0.3) is 0 Å². The standard InChI is InChI=1S/C11H12F2O3/c1-3-15-6-10(14)16-11-8(12)4-7(2)5-9(11)13/h4-5H,3,6H2,1-2H3. The maximum Gasteiger partial charge on any atom is 0.337 e. The third-order valence-corrected chi connectivity index (χ3v) is 1.78. The highest BCUT2D eigenvalue weighted by Gasteiger charge is 2.15. The molecule has 0 aromatic heterocycles. The number of carbonyl (C=O) groups is 1. The number of rotatable bonds is 4. The van der Waals surface area contributed by atoms with Gasteiger partial charge in [0.15, 0.2) is 11.6 Å². The summed E-state index contributed by atoms with van der Waals surface area (Å²) in [7, 11) is 0. The first kappa shape index (κ1) is 12.6. The Bertz CT molecular complexity index is 368. The summed E-state index contributed by atoms with van der Waals surface area (Å²) in [6.07, 6.45) is 0. The molecule has 0 aliphatic rings. The Morgan fingerprint density at radius 1 is 1.31 bits per heavy atom. The molecule has 1 aromatic rings. The molecule has 0 amide bonds. The molecule has 0 aliphatic carbocycles. The summed E-state index contributed by atoms with van der Waals surface area (Å²) in [6, 6.07) is 2.18. The zero-order chi connectivity index (χ0) is 12.1. The number of ether oxygens (including phenoxy) is 2. The molecule has 0 bridgehead atoms. The summed E-state index contributed by atoms with van der Waals surface area (Å²) in [6.45, 7) is 3.23. The average Bonchev–Trinajstić information content (AvgIpc) is 2.20. The maximum absolute atomic E-state index is 13.2. The van der Waals surface area contributed by atoms with Crippen molar-refractivity contribution in [3.8, 4) is 5.75 Å². The third-order valence-electron chi connectivity index (χ3n) is 1.78. The molecule has 0 spiro atoms. The van der Waals surface area contributed by atoms with Crippen molar-refractivity contribution in [3.05, 3.63) is 29.3 Å². The highest BCUT2D eigenvalue weighted by atomic mass is 19.1. The van der Waals surface area contributed by atoms with Crippen molar-refractivity contribution < 1.29 is 23.0 Å². The summed E-state index contributed by atoms with van der Waals surface area (Å²) in [5.41, 5.74) is 0.416. The second-order valence-electron chi connectivity index (χ2n) is 3.17. The number of halogens is 2. The molecule has 16 heavy (non-hydrogen) atoms. The van der Waals surface area contributed by atoms with Gasteiger partial charge in [0.1, 0.15) is 6.61 Å². The van der Waals surface area contributed by atoms with Crippen LogP contribution in [0.4, 0.5) is 8.78 Å². The van der Waals surface area contributed by atoms with E-state index in [1.807, 2.05) is 0 Å². The quantitative estimate of drug-likeness (QED) is 0.587. The molecule has 1 rings (SSSR count). The average molecular weight is 230 g/mol. The molecule has 0 saturated carbocycles. The predicted molar refractivity (Wildman–Crippen MR) is 53.2 cm³/mol. The van der Waals surface area contributed by atoms with E-state index in [1.54, 1.807) is 6.92 Å². The molecule has 0 unspecified atom stereocenters. The van der Waals surface area contributed by atoms with Gasteiger partial charge in [-0.25, -0.2) is 13.6 Å². The molecule has 5 heteroatoms. The minimum Gasteiger partial charge on any atom is -0.419 e. The first-order valence-electron chi connectivity index (χ1n) is 4.78. The van der Waals surface area contributed by atoms with E-state index < -0.39 is 23.4 Å². The van der Waals surface area contributed by atoms with Crippen LogP contribution in [0.15, 0.2) is 12.1 Å². The van der Waals surface area contributed by atoms with Gasteiger partial charge in [0.2, 0.25) is 5.75 Å². The van der Waals surface area contributed by atoms with Crippen LogP contribution in [0.2, 0.25) is 0 Å². The summed E-state index contributed by atoms with van der Waals surface area (Å²) >= 11 is 0. The molecular formula is C11H12F2O3. The fraction of sp³-hybridized carbons (Fsp3) is 0.364. The van der Waals surface area contributed by atoms with Crippen molar-refractivity contribution in [1.82, 2.24) is 0 Å². The number of benzene rings is 1. The second kappa shape index (κ2) is 5.55. The van der Waals surface area contributed by atoms with Crippen molar-refractivity contribution in [2.45, 2.75) is 13.8 Å². The summed E-state index contributed by atoms with van der Waals surface area (Å²) < 4.78 is 35.7. The van der Waals surface area contributed by atoms with Crippen molar-refractivity contribution in [2.24, 2.45) is 0 Å². The van der Waals surface area contributed by atoms with E-state index in [2.05, 4.69) is 4.74 Å². The number of carbonyl (C=O) groups excluding carboxylic acids is 1. The Kier molecular flexibility index (Phi) is 4.37. The van der Waals surface area contributed by atoms with Gasteiger partial charge in [-0.2, -0.15) is 0 Å². The minimum absolute atomic E-state index is 0.327. The van der Waals surface area contributed by atoms with Crippen LogP contribution in [0, 0.1) is 18.6 Å². The minimum atomic E-state index is -0.901. The fourth-order valence-corrected chi connectivity index (χ4v) is 1.11. The van der Waals surface area contributed by atoms with Crippen LogP contribution < -0.4 is 4.74 Å². The van der Waals surface area contributed by atoms with Crippen LogP contribution in [-0.2, 0) is 9.53 Å². The number of esters is 1. The van der Waals surface area contributed by atoms with Crippen LogP contribution in [-0.4, -0.2) is 19.2 Å². The SMILES string of the molecule is CCOCC(=O)Oc1c(F)cc(C)cc1F. The highest BCUT2D eigenvalue weighted by Crippen LogP contribution is 2.23. The summed E-state index contributed by atoms with van der Waals surface area (Å²) in [5, 5.41) is 0. The van der Waals surface area contributed by atoms with Gasteiger partial charge in [-0.05, 0) is 31.5 Å². The van der Waals surface area contributed by atoms with Gasteiger partial charge in [-0.15, -0.1) is 0 Å². The number of hydrogen-bond donors (Lipinski definition) is 0. The van der Waals surface area contributed by atoms with Gasteiger partial charge in [0.05, 0.1) is 0 Å². The van der Waals surface area contributed by atoms with E-state index in [0.29, 0.717) is 12.2 Å². The normalized spacial score (nSPS) is 10.2. The van der Waals surface area contributed by atoms with Crippen LogP contribution in [0.1, 0.15) is 12.5 Å². The van der Waals surface area contributed by atoms with Crippen molar-refractivity contribution in [2.75, 3.05) is 13.2 Å². The molecule has 1 aromatic carbocycles. The van der Waals surface area contributed by atoms with Crippen LogP contribution >= 0.6 is 0 Å². The van der Waals surface area contributed by atoms with Crippen molar-refractivity contribution in [3.63, 3.8) is 0 Å². The first-order valence-corrected chi connectivity index (χ1v) is 4.78. The molecular weight excluding hydrogens is 218 g/mol. The summed E-state index contributed by atoms with van der Waals surface area (Å²) in [4.78, 5) is 11.1. The van der Waals surface area contributed by atoms with Crippen LogP contribution in [0.5, 0.6) is 5.75 Å². The van der Waals surface area contributed by atoms with Gasteiger partial charge >= 0.3 is 5.97 Å². The molecule has 0 atom stereocenters. The molecule has 88 valence electrons. The maximum atomic E-state index is 13.2. The molecule has 0 saturated heterocycles. The lowest BCUT2D eigenvalue weighted by molar-refractivity contribution is -0.139. The molecule has 0 radical (unpaired) electrons. The lowest BCUT2D eigenvalue weighted by atomic mass is 10.2. The van der Waals surface area contributed by atoms with Crippen molar-refractivity contribution >= 4 is 5.97 Å². The van der Waals surface area contributed by atoms with Gasteiger partial charge in [-0.1, -0.05) is 0 Å². The lowest BCUT2D eigenvalue weighted by Crippen LogP contribution is -2.17. The zero-order valence-electron chi connectivity index (χ0n) is 9.05. The third kappa shape index (κ3) is 3.27. The molecule has 3 nitrogen and oxygen atoms in total. The highest BCUT2D eigenvalue weighted by molar-refractivity contribution is 5.73. The Labute approximate surface area is 92.0 Å². The molecule has 0 fully saturated rings.